The molecule has 2 aromatic rings. The maximum atomic E-state index is 13.1. The lowest BCUT2D eigenvalue weighted by Crippen LogP contribution is -2.44. The first-order valence-corrected chi connectivity index (χ1v) is 17.5. The van der Waals surface area contributed by atoms with Gasteiger partial charge < -0.3 is 19.1 Å². The molecule has 1 fully saturated rings. The van der Waals surface area contributed by atoms with Crippen molar-refractivity contribution in [3.8, 4) is 5.75 Å². The smallest absolute Gasteiger partial charge is 0.292 e. The first-order chi connectivity index (χ1) is 20.6. The summed E-state index contributed by atoms with van der Waals surface area (Å²) >= 11 is 4.99. The second-order valence-electron chi connectivity index (χ2n) is 12.7. The fourth-order valence-corrected chi connectivity index (χ4v) is 7.19. The van der Waals surface area contributed by atoms with E-state index in [1.54, 1.807) is 6.07 Å². The summed E-state index contributed by atoms with van der Waals surface area (Å²) in [4.78, 5) is 17.9. The van der Waals surface area contributed by atoms with Crippen LogP contribution in [0.25, 0.3) is 0 Å². The SMILES string of the molecule is CC/C=C/C(CN(C)C)C1CCC1CN1CC(c2ccc(Cl)cc2CCC)COc2ccc(C(=O)N[S+]([O-])C(C)C)cc21. The molecule has 2 aliphatic rings. The molecule has 0 bridgehead atoms. The molecule has 0 spiro atoms. The minimum atomic E-state index is -1.44. The van der Waals surface area contributed by atoms with Crippen molar-refractivity contribution in [2.75, 3.05) is 45.2 Å². The van der Waals surface area contributed by atoms with Crippen LogP contribution >= 0.6 is 11.6 Å². The highest BCUT2D eigenvalue weighted by molar-refractivity contribution is 7.90. The number of allylic oxidation sites excluding steroid dienone is 1. The summed E-state index contributed by atoms with van der Waals surface area (Å²) in [5, 5.41) is 0.607. The summed E-state index contributed by atoms with van der Waals surface area (Å²) in [5.74, 6) is 2.31. The average Bonchev–Trinajstić information content (AvgIpc) is 3.13. The molecule has 5 unspecified atom stereocenters. The maximum Gasteiger partial charge on any atom is 0.292 e. The molecular formula is C35H50ClN3O3S. The summed E-state index contributed by atoms with van der Waals surface area (Å²) in [7, 11) is 4.32. The van der Waals surface area contributed by atoms with Gasteiger partial charge in [-0.3, -0.25) is 4.79 Å². The molecule has 0 saturated heterocycles. The van der Waals surface area contributed by atoms with E-state index in [9.17, 15) is 9.35 Å². The van der Waals surface area contributed by atoms with Crippen molar-refractivity contribution in [1.82, 2.24) is 9.62 Å². The van der Waals surface area contributed by atoms with E-state index in [1.165, 1.54) is 24.0 Å². The van der Waals surface area contributed by atoms with Crippen molar-refractivity contribution in [3.63, 3.8) is 0 Å². The van der Waals surface area contributed by atoms with Gasteiger partial charge in [0.05, 0.1) is 23.7 Å². The molecule has 1 aliphatic carbocycles. The summed E-state index contributed by atoms with van der Waals surface area (Å²) in [6, 6.07) is 11.9. The Balaban J connectivity index is 1.67. The molecule has 1 aliphatic heterocycles. The van der Waals surface area contributed by atoms with Crippen molar-refractivity contribution in [2.24, 2.45) is 17.8 Å². The zero-order chi connectivity index (χ0) is 31.1. The Labute approximate surface area is 267 Å². The fraction of sp³-hybridized carbons (Fsp3) is 0.571. The van der Waals surface area contributed by atoms with Crippen molar-refractivity contribution in [2.45, 2.75) is 71.0 Å². The van der Waals surface area contributed by atoms with Gasteiger partial charge in [-0.2, -0.15) is 4.72 Å². The number of fused-ring (bicyclic) bond motifs is 1. The summed E-state index contributed by atoms with van der Waals surface area (Å²) < 4.78 is 21.6. The second kappa shape index (κ2) is 15.7. The van der Waals surface area contributed by atoms with Gasteiger partial charge in [0, 0.05) is 36.1 Å². The van der Waals surface area contributed by atoms with Crippen LogP contribution in [0.15, 0.2) is 48.6 Å². The third kappa shape index (κ3) is 8.72. The van der Waals surface area contributed by atoms with Crippen LogP contribution < -0.4 is 14.4 Å². The van der Waals surface area contributed by atoms with Crippen LogP contribution in [0.1, 0.15) is 80.8 Å². The molecule has 1 amide bonds. The van der Waals surface area contributed by atoms with E-state index in [2.05, 4.69) is 66.7 Å². The Morgan fingerprint density at radius 3 is 2.65 bits per heavy atom. The Morgan fingerprint density at radius 2 is 2.00 bits per heavy atom. The molecule has 4 rings (SSSR count). The number of halogens is 1. The number of carbonyl (C=O) groups is 1. The summed E-state index contributed by atoms with van der Waals surface area (Å²) in [6.07, 6.45) is 10.2. The van der Waals surface area contributed by atoms with Gasteiger partial charge in [0.1, 0.15) is 11.0 Å². The highest BCUT2D eigenvalue weighted by atomic mass is 35.5. The number of nitrogens with zero attached hydrogens (tertiary/aromatic N) is 2. The average molecular weight is 628 g/mol. The lowest BCUT2D eigenvalue weighted by molar-refractivity contribution is 0.0981. The molecule has 2 aromatic carbocycles. The Bertz CT molecular complexity index is 1250. The third-order valence-corrected chi connectivity index (χ3v) is 10.3. The normalized spacial score (nSPS) is 21.7. The quantitative estimate of drug-likeness (QED) is 0.187. The molecule has 6 nitrogen and oxygen atoms in total. The van der Waals surface area contributed by atoms with Crippen LogP contribution in [-0.4, -0.2) is 60.9 Å². The molecule has 8 heteroatoms. The number of carbonyl (C=O) groups excluding carboxylic acids is 1. The van der Waals surface area contributed by atoms with Gasteiger partial charge in [-0.05, 0) is 113 Å². The minimum absolute atomic E-state index is 0.158. The number of nitrogens with one attached hydrogen (secondary N) is 1. The number of hydrogen-bond acceptors (Lipinski definition) is 5. The van der Waals surface area contributed by atoms with Crippen LogP contribution in [-0.2, 0) is 17.8 Å². The predicted octanol–water partition coefficient (Wildman–Crippen LogP) is 7.25. The van der Waals surface area contributed by atoms with Gasteiger partial charge >= 0.3 is 0 Å². The Hall–Kier alpha value is -2.19. The number of amides is 1. The van der Waals surface area contributed by atoms with Gasteiger partial charge in [0.25, 0.3) is 5.91 Å². The first-order valence-electron chi connectivity index (χ1n) is 15.9. The van der Waals surface area contributed by atoms with Crippen LogP contribution in [0.2, 0.25) is 5.02 Å². The number of hydrogen-bond donors (Lipinski definition) is 1. The fourth-order valence-electron chi connectivity index (χ4n) is 6.46. The molecule has 1 saturated carbocycles. The minimum Gasteiger partial charge on any atom is -0.593 e. The van der Waals surface area contributed by atoms with Crippen LogP contribution in [0, 0.1) is 17.8 Å². The van der Waals surface area contributed by atoms with Crippen molar-refractivity contribution in [1.29, 1.82) is 0 Å². The van der Waals surface area contributed by atoms with Crippen molar-refractivity contribution in [3.05, 3.63) is 70.3 Å². The lowest BCUT2D eigenvalue weighted by Gasteiger charge is -2.45. The molecule has 1 heterocycles. The maximum absolute atomic E-state index is 13.1. The van der Waals surface area contributed by atoms with E-state index in [1.807, 2.05) is 32.0 Å². The largest absolute Gasteiger partial charge is 0.593 e. The second-order valence-corrected chi connectivity index (χ2v) is 14.9. The number of benzene rings is 2. The monoisotopic (exact) mass is 627 g/mol. The molecular weight excluding hydrogens is 578 g/mol. The molecule has 5 atom stereocenters. The van der Waals surface area contributed by atoms with Crippen LogP contribution in [0.5, 0.6) is 5.75 Å². The van der Waals surface area contributed by atoms with Crippen molar-refractivity contribution < 1.29 is 14.1 Å². The number of anilines is 1. The predicted molar refractivity (Wildman–Crippen MR) is 181 cm³/mol. The van der Waals surface area contributed by atoms with Gasteiger partial charge in [-0.25, -0.2) is 0 Å². The van der Waals surface area contributed by atoms with E-state index in [0.717, 1.165) is 55.4 Å². The lowest BCUT2D eigenvalue weighted by atomic mass is 9.66. The molecule has 43 heavy (non-hydrogen) atoms. The van der Waals surface area contributed by atoms with E-state index in [0.29, 0.717) is 29.9 Å². The molecule has 1 N–H and O–H groups in total. The molecule has 236 valence electrons. The number of aryl methyl sites for hydroxylation is 1. The molecule has 0 aromatic heterocycles. The van der Waals surface area contributed by atoms with E-state index >= 15 is 0 Å². The van der Waals surface area contributed by atoms with Gasteiger partial charge in [0.15, 0.2) is 0 Å². The van der Waals surface area contributed by atoms with Crippen molar-refractivity contribution >= 4 is 34.6 Å². The number of ether oxygens (including phenoxy) is 1. The highest BCUT2D eigenvalue weighted by Gasteiger charge is 2.38. The van der Waals surface area contributed by atoms with Crippen LogP contribution in [0.3, 0.4) is 0 Å². The van der Waals surface area contributed by atoms with Gasteiger partial charge in [-0.1, -0.05) is 50.1 Å². The van der Waals surface area contributed by atoms with Gasteiger partial charge in [0.2, 0.25) is 0 Å². The van der Waals surface area contributed by atoms with E-state index < -0.39 is 11.4 Å². The Morgan fingerprint density at radius 1 is 1.21 bits per heavy atom. The topological polar surface area (TPSA) is 67.9 Å². The summed E-state index contributed by atoms with van der Waals surface area (Å²) in [6.45, 7) is 11.4. The zero-order valence-electron chi connectivity index (χ0n) is 26.8. The van der Waals surface area contributed by atoms with E-state index in [4.69, 9.17) is 16.3 Å². The highest BCUT2D eigenvalue weighted by Crippen LogP contribution is 2.44. The van der Waals surface area contributed by atoms with Gasteiger partial charge in [-0.15, -0.1) is 0 Å². The Kier molecular flexibility index (Phi) is 12.3. The number of rotatable bonds is 13. The first kappa shape index (κ1) is 33.7. The molecule has 0 radical (unpaired) electrons. The van der Waals surface area contributed by atoms with E-state index in [-0.39, 0.29) is 17.1 Å². The third-order valence-electron chi connectivity index (χ3n) is 8.80. The standard InChI is InChI=1S/C35H50ClN3O3S/c1-7-9-11-27(20-38(5)6)32-15-12-28(32)21-39-22-29(31-16-14-30(36)18-25(31)10-8-2)23-42-34-17-13-26(19-33(34)39)35(40)37-43(41)24(3)4/h9,11,13-14,16-19,24,27-29,32H,7-8,10,12,15,20-23H2,1-6H3,(H,37,40)/b11-9+. The van der Waals surface area contributed by atoms with Crippen LogP contribution in [0.4, 0.5) is 5.69 Å². The zero-order valence-corrected chi connectivity index (χ0v) is 28.3. The summed E-state index contributed by atoms with van der Waals surface area (Å²) in [5.41, 5.74) is 4.01.